The number of nitrogens with one attached hydrogen (secondary N) is 1. The Morgan fingerprint density at radius 3 is 2.39 bits per heavy atom. The van der Waals surface area contributed by atoms with Gasteiger partial charge in [0, 0.05) is 6.54 Å². The quantitative estimate of drug-likeness (QED) is 0.180. The number of amides is 1. The lowest BCUT2D eigenvalue weighted by Gasteiger charge is -2.33. The van der Waals surface area contributed by atoms with Gasteiger partial charge in [-0.05, 0) is 108 Å². The summed E-state index contributed by atoms with van der Waals surface area (Å²) in [7, 11) is 5.59. The van der Waals surface area contributed by atoms with Crippen LogP contribution in [0.2, 0.25) is 0 Å². The molecule has 1 unspecified atom stereocenters. The van der Waals surface area contributed by atoms with Crippen molar-refractivity contribution < 1.29 is 27.1 Å². The van der Waals surface area contributed by atoms with Gasteiger partial charge < -0.3 is 19.9 Å². The standard InChI is InChI=1S/C34H39F4N5O3/c1-5-46-25-14-12-24(13-15-25)43-32(40-29-10-7-6-9-26(29)33(43)45)30(17-18-39-2)42(20-8-19-41(3)4)31(44)22-23-11-16-27(28(35)21-23)34(36,37)38/h6-7,9-16,21,30,39H,5,8,17-20,22H2,1-4H3. The summed E-state index contributed by atoms with van der Waals surface area (Å²) in [5.74, 6) is -0.908. The molecule has 246 valence electrons. The number of ether oxygens (including phenoxy) is 1. The van der Waals surface area contributed by atoms with Crippen LogP contribution in [-0.4, -0.2) is 72.6 Å². The van der Waals surface area contributed by atoms with Crippen molar-refractivity contribution in [2.24, 2.45) is 0 Å². The highest BCUT2D eigenvalue weighted by Crippen LogP contribution is 2.32. The normalized spacial score (nSPS) is 12.5. The Bertz CT molecular complexity index is 1690. The Labute approximate surface area is 265 Å². The first-order valence-electron chi connectivity index (χ1n) is 15.1. The molecule has 0 saturated heterocycles. The number of carbonyl (C=O) groups excluding carboxylic acids is 1. The third-order valence-electron chi connectivity index (χ3n) is 7.57. The van der Waals surface area contributed by atoms with E-state index in [1.54, 1.807) is 60.5 Å². The molecular weight excluding hydrogens is 602 g/mol. The molecule has 0 aliphatic heterocycles. The summed E-state index contributed by atoms with van der Waals surface area (Å²) in [6, 6.07) is 15.8. The monoisotopic (exact) mass is 641 g/mol. The largest absolute Gasteiger partial charge is 0.494 e. The van der Waals surface area contributed by atoms with E-state index in [0.717, 1.165) is 12.1 Å². The van der Waals surface area contributed by atoms with Crippen LogP contribution in [0.1, 0.15) is 42.8 Å². The molecule has 0 saturated carbocycles. The lowest BCUT2D eigenvalue weighted by atomic mass is 10.0. The van der Waals surface area contributed by atoms with Crippen molar-refractivity contribution in [3.05, 3.63) is 99.9 Å². The van der Waals surface area contributed by atoms with Crippen LogP contribution in [0.15, 0.2) is 71.5 Å². The third-order valence-corrected chi connectivity index (χ3v) is 7.57. The molecule has 0 spiro atoms. The van der Waals surface area contributed by atoms with Crippen LogP contribution in [0.3, 0.4) is 0 Å². The minimum atomic E-state index is -4.85. The van der Waals surface area contributed by atoms with Crippen molar-refractivity contribution in [1.82, 2.24) is 24.7 Å². The SMILES string of the molecule is CCOc1ccc(-n2c(C(CCNC)N(CCCN(C)C)C(=O)Cc3ccc(C(F)(F)F)c(F)c3)nc3ccccc3c2=O)cc1. The topological polar surface area (TPSA) is 79.7 Å². The van der Waals surface area contributed by atoms with Crippen molar-refractivity contribution in [2.75, 3.05) is 47.4 Å². The number of hydrogen-bond donors (Lipinski definition) is 1. The number of alkyl halides is 3. The summed E-state index contributed by atoms with van der Waals surface area (Å²) in [4.78, 5) is 36.7. The van der Waals surface area contributed by atoms with Crippen LogP contribution < -0.4 is 15.6 Å². The van der Waals surface area contributed by atoms with Gasteiger partial charge in [0.15, 0.2) is 0 Å². The molecule has 8 nitrogen and oxygen atoms in total. The fraction of sp³-hybridized carbons (Fsp3) is 0.382. The fourth-order valence-electron chi connectivity index (χ4n) is 5.37. The highest BCUT2D eigenvalue weighted by atomic mass is 19.4. The molecule has 4 aromatic rings. The number of fused-ring (bicyclic) bond motifs is 1. The van der Waals surface area contributed by atoms with Gasteiger partial charge in [0.05, 0.1) is 41.2 Å². The first-order chi connectivity index (χ1) is 21.9. The first-order valence-corrected chi connectivity index (χ1v) is 15.1. The minimum absolute atomic E-state index is 0.107. The van der Waals surface area contributed by atoms with E-state index in [0.29, 0.717) is 66.8 Å². The van der Waals surface area contributed by atoms with E-state index in [1.165, 1.54) is 4.57 Å². The van der Waals surface area contributed by atoms with Gasteiger partial charge in [0.25, 0.3) is 5.56 Å². The van der Waals surface area contributed by atoms with Crippen molar-refractivity contribution >= 4 is 16.8 Å². The number of hydrogen-bond acceptors (Lipinski definition) is 6. The van der Waals surface area contributed by atoms with Crippen LogP contribution in [0.5, 0.6) is 5.75 Å². The molecule has 12 heteroatoms. The van der Waals surface area contributed by atoms with Gasteiger partial charge in [-0.1, -0.05) is 18.2 Å². The Kier molecular flexibility index (Phi) is 11.5. The van der Waals surface area contributed by atoms with Crippen LogP contribution in [-0.2, 0) is 17.4 Å². The van der Waals surface area contributed by atoms with Crippen molar-refractivity contribution in [3.8, 4) is 11.4 Å². The lowest BCUT2D eigenvalue weighted by Crippen LogP contribution is -2.41. The van der Waals surface area contributed by atoms with E-state index < -0.39 is 29.5 Å². The van der Waals surface area contributed by atoms with Gasteiger partial charge in [-0.2, -0.15) is 13.2 Å². The second-order valence-corrected chi connectivity index (χ2v) is 11.2. The molecule has 1 heterocycles. The number of rotatable bonds is 14. The number of aromatic nitrogens is 2. The lowest BCUT2D eigenvalue weighted by molar-refractivity contribution is -0.140. The molecule has 0 radical (unpaired) electrons. The number of halogens is 4. The van der Waals surface area contributed by atoms with E-state index in [1.807, 2.05) is 25.9 Å². The van der Waals surface area contributed by atoms with Crippen LogP contribution in [0, 0.1) is 5.82 Å². The van der Waals surface area contributed by atoms with Gasteiger partial charge in [-0.15, -0.1) is 0 Å². The Morgan fingerprint density at radius 2 is 1.76 bits per heavy atom. The second kappa shape index (κ2) is 15.3. The van der Waals surface area contributed by atoms with Crippen molar-refractivity contribution in [3.63, 3.8) is 0 Å². The van der Waals surface area contributed by atoms with Gasteiger partial charge in [0.2, 0.25) is 5.91 Å². The van der Waals surface area contributed by atoms with E-state index in [2.05, 4.69) is 5.32 Å². The Morgan fingerprint density at radius 1 is 1.04 bits per heavy atom. The zero-order chi connectivity index (χ0) is 33.4. The predicted octanol–water partition coefficient (Wildman–Crippen LogP) is 5.62. The van der Waals surface area contributed by atoms with Gasteiger partial charge in [-0.25, -0.2) is 9.37 Å². The number of para-hydroxylation sites is 1. The van der Waals surface area contributed by atoms with Gasteiger partial charge >= 0.3 is 6.18 Å². The average molecular weight is 642 g/mol. The fourth-order valence-corrected chi connectivity index (χ4v) is 5.37. The van der Waals surface area contributed by atoms with Crippen molar-refractivity contribution in [1.29, 1.82) is 0 Å². The van der Waals surface area contributed by atoms with Crippen LogP contribution in [0.4, 0.5) is 17.6 Å². The molecule has 0 bridgehead atoms. The molecule has 1 amide bonds. The molecule has 3 aromatic carbocycles. The van der Waals surface area contributed by atoms with Crippen LogP contribution in [0.25, 0.3) is 16.6 Å². The second-order valence-electron chi connectivity index (χ2n) is 11.2. The van der Waals surface area contributed by atoms with Crippen molar-refractivity contribution in [2.45, 2.75) is 38.4 Å². The summed E-state index contributed by atoms with van der Waals surface area (Å²) >= 11 is 0. The van der Waals surface area contributed by atoms with E-state index in [4.69, 9.17) is 9.72 Å². The molecule has 1 aromatic heterocycles. The third kappa shape index (κ3) is 8.29. The maximum absolute atomic E-state index is 14.5. The summed E-state index contributed by atoms with van der Waals surface area (Å²) < 4.78 is 61.2. The zero-order valence-corrected chi connectivity index (χ0v) is 26.4. The highest BCUT2D eigenvalue weighted by molar-refractivity contribution is 5.80. The molecule has 0 aliphatic carbocycles. The molecule has 0 aliphatic rings. The zero-order valence-electron chi connectivity index (χ0n) is 26.4. The Hall–Kier alpha value is -4.29. The smallest absolute Gasteiger partial charge is 0.419 e. The summed E-state index contributed by atoms with van der Waals surface area (Å²) in [6.45, 7) is 3.72. The molecule has 46 heavy (non-hydrogen) atoms. The summed E-state index contributed by atoms with van der Waals surface area (Å²) in [5.41, 5.74) is -0.606. The number of carbonyl (C=O) groups is 1. The average Bonchev–Trinajstić information content (AvgIpc) is 3.00. The van der Waals surface area contributed by atoms with Gasteiger partial charge in [0.1, 0.15) is 17.4 Å². The molecular formula is C34H39F4N5O3. The van der Waals surface area contributed by atoms with Crippen LogP contribution >= 0.6 is 0 Å². The summed E-state index contributed by atoms with van der Waals surface area (Å²) in [6.07, 6.45) is -4.26. The first kappa shape index (κ1) is 34.6. The Balaban J connectivity index is 1.86. The van der Waals surface area contributed by atoms with E-state index >= 15 is 0 Å². The summed E-state index contributed by atoms with van der Waals surface area (Å²) in [5, 5.41) is 3.51. The predicted molar refractivity (Wildman–Crippen MR) is 170 cm³/mol. The maximum atomic E-state index is 14.5. The van der Waals surface area contributed by atoms with E-state index in [-0.39, 0.29) is 24.1 Å². The number of nitrogens with zero attached hydrogens (tertiary/aromatic N) is 4. The number of benzene rings is 3. The van der Waals surface area contributed by atoms with E-state index in [9.17, 15) is 27.2 Å². The minimum Gasteiger partial charge on any atom is -0.494 e. The van der Waals surface area contributed by atoms with Gasteiger partial charge in [-0.3, -0.25) is 14.2 Å². The highest BCUT2D eigenvalue weighted by Gasteiger charge is 2.35. The molecule has 1 atom stereocenters. The molecule has 1 N–H and O–H groups in total. The molecule has 0 fully saturated rings. The molecule has 4 rings (SSSR count). The maximum Gasteiger partial charge on any atom is 0.419 e.